The molecule has 9 heteroatoms. The first-order chi connectivity index (χ1) is 16.9. The number of benzene rings is 2. The zero-order chi connectivity index (χ0) is 24.6. The van der Waals surface area contributed by atoms with Crippen LogP contribution in [0.2, 0.25) is 0 Å². The van der Waals surface area contributed by atoms with Gasteiger partial charge in [0.15, 0.2) is 5.17 Å². The van der Waals surface area contributed by atoms with Gasteiger partial charge in [-0.1, -0.05) is 36.0 Å². The quantitative estimate of drug-likeness (QED) is 0.536. The summed E-state index contributed by atoms with van der Waals surface area (Å²) in [6.45, 7) is 4.20. The van der Waals surface area contributed by atoms with Gasteiger partial charge in [-0.3, -0.25) is 9.48 Å². The molecular formula is C26H26F2N4O2S. The Kier molecular flexibility index (Phi) is 6.46. The van der Waals surface area contributed by atoms with Gasteiger partial charge in [-0.2, -0.15) is 5.10 Å². The van der Waals surface area contributed by atoms with E-state index >= 15 is 4.39 Å². The highest BCUT2D eigenvalue weighted by Crippen LogP contribution is 2.49. The van der Waals surface area contributed by atoms with E-state index in [4.69, 9.17) is 9.73 Å². The Labute approximate surface area is 206 Å². The Bertz CT molecular complexity index is 1260. The second kappa shape index (κ2) is 9.54. The van der Waals surface area contributed by atoms with E-state index in [0.29, 0.717) is 22.9 Å². The standard InChI is InChI=1S/C26H26F2N4O2S/c1-16(2)32-11-10-22(31-32)23-12-18-14-35-25(29-24(33)17-6-4-3-5-7-17)30-26(18,15-34-23)20-9-8-19(27)13-21(20)28/h3-11,13,16,18,23H,12,14-15H2,1-2H3,(H,29,30,33)/t18-,23+,26-/m0/s1. The summed E-state index contributed by atoms with van der Waals surface area (Å²) in [5.74, 6) is -1.13. The van der Waals surface area contributed by atoms with Crippen molar-refractivity contribution in [2.24, 2.45) is 10.9 Å². The van der Waals surface area contributed by atoms with E-state index in [2.05, 4.69) is 24.3 Å². The van der Waals surface area contributed by atoms with Crippen molar-refractivity contribution in [1.29, 1.82) is 0 Å². The van der Waals surface area contributed by atoms with Crippen LogP contribution >= 0.6 is 11.8 Å². The summed E-state index contributed by atoms with van der Waals surface area (Å²) in [5.41, 5.74) is 0.505. The molecule has 1 N–H and O–H groups in total. The van der Waals surface area contributed by atoms with Gasteiger partial charge in [-0.05, 0) is 44.5 Å². The molecule has 5 rings (SSSR count). The Balaban J connectivity index is 1.48. The lowest BCUT2D eigenvalue weighted by Gasteiger charge is -2.46. The van der Waals surface area contributed by atoms with Crippen LogP contribution in [-0.4, -0.2) is 33.2 Å². The SMILES string of the molecule is CC(C)n1ccc([C@H]2C[C@H]3CSC(NC(=O)c4ccccc4)=N[C@@]3(c3ccc(F)cc3F)CO2)n1. The van der Waals surface area contributed by atoms with Crippen LogP contribution in [0.4, 0.5) is 8.78 Å². The number of aliphatic imine (C=N–C) groups is 1. The van der Waals surface area contributed by atoms with Crippen molar-refractivity contribution in [3.05, 3.63) is 89.2 Å². The zero-order valence-corrected chi connectivity index (χ0v) is 20.3. The lowest BCUT2D eigenvalue weighted by atomic mass is 9.74. The number of hydrogen-bond acceptors (Lipinski definition) is 5. The summed E-state index contributed by atoms with van der Waals surface area (Å²) in [6.07, 6.45) is 2.24. The molecule has 3 heterocycles. The van der Waals surface area contributed by atoms with Crippen molar-refractivity contribution in [3.8, 4) is 0 Å². The Morgan fingerprint density at radius 1 is 1.20 bits per heavy atom. The van der Waals surface area contributed by atoms with E-state index in [9.17, 15) is 9.18 Å². The first-order valence-corrected chi connectivity index (χ1v) is 12.6. The largest absolute Gasteiger partial charge is 0.369 e. The van der Waals surface area contributed by atoms with Crippen LogP contribution in [-0.2, 0) is 10.3 Å². The number of nitrogens with one attached hydrogen (secondary N) is 1. The third kappa shape index (κ3) is 4.62. The fraction of sp³-hybridized carbons (Fsp3) is 0.346. The molecule has 0 saturated carbocycles. The van der Waals surface area contributed by atoms with Gasteiger partial charge in [0.25, 0.3) is 5.91 Å². The van der Waals surface area contributed by atoms with Gasteiger partial charge >= 0.3 is 0 Å². The molecule has 2 aromatic carbocycles. The summed E-state index contributed by atoms with van der Waals surface area (Å²) < 4.78 is 37.0. The summed E-state index contributed by atoms with van der Waals surface area (Å²) in [6, 6.07) is 14.5. The van der Waals surface area contributed by atoms with Gasteiger partial charge in [0.2, 0.25) is 0 Å². The van der Waals surface area contributed by atoms with Crippen molar-refractivity contribution >= 4 is 22.8 Å². The molecule has 182 valence electrons. The van der Waals surface area contributed by atoms with Crippen LogP contribution in [0.5, 0.6) is 0 Å². The summed E-state index contributed by atoms with van der Waals surface area (Å²) in [5, 5.41) is 7.90. The van der Waals surface area contributed by atoms with Crippen molar-refractivity contribution in [3.63, 3.8) is 0 Å². The highest BCUT2D eigenvalue weighted by Gasteiger charge is 2.50. The summed E-state index contributed by atoms with van der Waals surface area (Å²) in [4.78, 5) is 17.6. The lowest BCUT2D eigenvalue weighted by Crippen LogP contribution is -2.49. The molecule has 1 aromatic heterocycles. The van der Waals surface area contributed by atoms with Crippen molar-refractivity contribution in [1.82, 2.24) is 15.1 Å². The van der Waals surface area contributed by atoms with Crippen LogP contribution in [0.1, 0.15) is 54.0 Å². The Morgan fingerprint density at radius 2 is 2.00 bits per heavy atom. The lowest BCUT2D eigenvalue weighted by molar-refractivity contribution is -0.0609. The number of ether oxygens (including phenoxy) is 1. The van der Waals surface area contributed by atoms with E-state index in [1.807, 2.05) is 23.0 Å². The third-order valence-corrected chi connectivity index (χ3v) is 7.58. The maximum atomic E-state index is 15.1. The predicted molar refractivity (Wildman–Crippen MR) is 131 cm³/mol. The fourth-order valence-corrected chi connectivity index (χ4v) is 5.79. The second-order valence-corrected chi connectivity index (χ2v) is 10.2. The number of carbonyl (C=O) groups excluding carboxylic acids is 1. The number of fused-ring (bicyclic) bond motifs is 1. The van der Waals surface area contributed by atoms with Crippen LogP contribution in [0.25, 0.3) is 0 Å². The number of halogens is 2. The topological polar surface area (TPSA) is 68.5 Å². The Morgan fingerprint density at radius 3 is 2.71 bits per heavy atom. The van der Waals surface area contributed by atoms with Gasteiger partial charge in [0.05, 0.1) is 12.3 Å². The number of thioether (sulfide) groups is 1. The number of nitrogens with zero attached hydrogens (tertiary/aromatic N) is 3. The summed E-state index contributed by atoms with van der Waals surface area (Å²) in [7, 11) is 0. The molecule has 1 fully saturated rings. The molecule has 0 bridgehead atoms. The smallest absolute Gasteiger partial charge is 0.257 e. The highest BCUT2D eigenvalue weighted by atomic mass is 32.2. The molecule has 1 amide bonds. The number of carbonyl (C=O) groups is 1. The number of hydrogen-bond donors (Lipinski definition) is 1. The van der Waals surface area contributed by atoms with E-state index < -0.39 is 17.2 Å². The first kappa shape index (κ1) is 23.7. The highest BCUT2D eigenvalue weighted by molar-refractivity contribution is 8.13. The van der Waals surface area contributed by atoms with Crippen LogP contribution in [0.15, 0.2) is 65.8 Å². The molecule has 0 unspecified atom stereocenters. The number of amides is 1. The third-order valence-electron chi connectivity index (χ3n) is 6.54. The van der Waals surface area contributed by atoms with E-state index in [1.54, 1.807) is 24.3 Å². The van der Waals surface area contributed by atoms with E-state index in [0.717, 1.165) is 11.8 Å². The fourth-order valence-electron chi connectivity index (χ4n) is 4.63. The number of rotatable bonds is 4. The second-order valence-electron chi connectivity index (χ2n) is 9.14. The molecule has 2 aliphatic rings. The number of amidine groups is 1. The Hall–Kier alpha value is -3.04. The molecule has 0 spiro atoms. The monoisotopic (exact) mass is 496 g/mol. The molecule has 0 radical (unpaired) electrons. The minimum Gasteiger partial charge on any atom is -0.369 e. The van der Waals surface area contributed by atoms with Crippen LogP contribution < -0.4 is 5.32 Å². The van der Waals surface area contributed by atoms with Gasteiger partial charge in [0.1, 0.15) is 23.3 Å². The van der Waals surface area contributed by atoms with E-state index in [-0.39, 0.29) is 36.1 Å². The maximum absolute atomic E-state index is 15.1. The molecule has 2 aliphatic heterocycles. The average molecular weight is 497 g/mol. The van der Waals surface area contributed by atoms with Crippen molar-refractivity contribution in [2.45, 2.75) is 38.0 Å². The molecule has 35 heavy (non-hydrogen) atoms. The molecular weight excluding hydrogens is 470 g/mol. The normalized spacial score (nSPS) is 24.1. The van der Waals surface area contributed by atoms with Gasteiger partial charge in [-0.25, -0.2) is 13.8 Å². The maximum Gasteiger partial charge on any atom is 0.257 e. The molecule has 6 nitrogen and oxygen atoms in total. The van der Waals surface area contributed by atoms with Crippen molar-refractivity contribution in [2.75, 3.05) is 12.4 Å². The minimum atomic E-state index is -1.08. The first-order valence-electron chi connectivity index (χ1n) is 11.6. The molecule has 0 aliphatic carbocycles. The van der Waals surface area contributed by atoms with Gasteiger partial charge < -0.3 is 10.1 Å². The van der Waals surface area contributed by atoms with Gasteiger partial charge in [0, 0.05) is 41.1 Å². The average Bonchev–Trinajstić information content (AvgIpc) is 3.35. The number of aromatic nitrogens is 2. The van der Waals surface area contributed by atoms with Crippen molar-refractivity contribution < 1.29 is 18.3 Å². The predicted octanol–water partition coefficient (Wildman–Crippen LogP) is 5.25. The van der Waals surface area contributed by atoms with Gasteiger partial charge in [-0.15, -0.1) is 0 Å². The zero-order valence-electron chi connectivity index (χ0n) is 19.4. The molecule has 3 aromatic rings. The molecule has 1 saturated heterocycles. The van der Waals surface area contributed by atoms with Crippen LogP contribution in [0.3, 0.4) is 0 Å². The van der Waals surface area contributed by atoms with Crippen LogP contribution in [0, 0.1) is 17.6 Å². The van der Waals surface area contributed by atoms with E-state index in [1.165, 1.54) is 23.9 Å². The minimum absolute atomic E-state index is 0.0880. The molecule has 3 atom stereocenters. The summed E-state index contributed by atoms with van der Waals surface area (Å²) >= 11 is 1.42.